The van der Waals surface area contributed by atoms with Crippen LogP contribution in [0, 0.1) is 5.92 Å². The van der Waals surface area contributed by atoms with Crippen molar-refractivity contribution in [3.63, 3.8) is 0 Å². The van der Waals surface area contributed by atoms with E-state index in [1.54, 1.807) is 0 Å². The molecule has 0 aliphatic carbocycles. The van der Waals surface area contributed by atoms with E-state index in [2.05, 4.69) is 136 Å². The van der Waals surface area contributed by atoms with Crippen LogP contribution in [0.15, 0.2) is 97.1 Å². The summed E-state index contributed by atoms with van der Waals surface area (Å²) in [5.74, 6) is 0.581. The molecule has 1 aromatic heterocycles. The van der Waals surface area contributed by atoms with E-state index < -0.39 is 8.32 Å². The van der Waals surface area contributed by atoms with Crippen molar-refractivity contribution >= 4 is 18.7 Å². The van der Waals surface area contributed by atoms with Gasteiger partial charge >= 0.3 is 0 Å². The van der Waals surface area contributed by atoms with Gasteiger partial charge in [-0.1, -0.05) is 126 Å². The smallest absolute Gasteiger partial charge is 0.261 e. The summed E-state index contributed by atoms with van der Waals surface area (Å²) in [7, 11) is -2.53. The van der Waals surface area contributed by atoms with E-state index in [1.807, 2.05) is 0 Å². The van der Waals surface area contributed by atoms with Gasteiger partial charge in [-0.25, -0.2) is 0 Å². The highest BCUT2D eigenvalue weighted by Crippen LogP contribution is 2.36. The topological polar surface area (TPSA) is 27.1 Å². The first-order valence-corrected chi connectivity index (χ1v) is 15.0. The molecule has 188 valence electrons. The molecule has 0 saturated heterocycles. The summed E-state index contributed by atoms with van der Waals surface area (Å²) in [5.41, 5.74) is 3.69. The average Bonchev–Trinajstić information content (AvgIpc) is 3.23. The van der Waals surface area contributed by atoms with Gasteiger partial charge < -0.3 is 4.43 Å². The minimum atomic E-state index is -2.53. The fraction of sp³-hybridized carbons (Fsp3) is 0.344. The molecule has 0 N–H and O–H groups in total. The zero-order valence-electron chi connectivity index (χ0n) is 22.4. The van der Waals surface area contributed by atoms with Crippen LogP contribution in [0.25, 0.3) is 0 Å². The molecule has 0 aliphatic heterocycles. The lowest BCUT2D eigenvalue weighted by Gasteiger charge is -2.43. The molecule has 0 amide bonds. The molecule has 3 nitrogen and oxygen atoms in total. The Morgan fingerprint density at radius 2 is 1.33 bits per heavy atom. The monoisotopic (exact) mass is 496 g/mol. The minimum Gasteiger partial charge on any atom is -0.407 e. The molecule has 0 radical (unpaired) electrons. The van der Waals surface area contributed by atoms with Gasteiger partial charge in [-0.15, -0.1) is 0 Å². The maximum Gasteiger partial charge on any atom is 0.261 e. The van der Waals surface area contributed by atoms with Crippen LogP contribution >= 0.6 is 0 Å². The molecule has 4 heteroatoms. The molecule has 0 saturated carbocycles. The molecule has 36 heavy (non-hydrogen) atoms. The maximum atomic E-state index is 7.11. The van der Waals surface area contributed by atoms with E-state index in [1.165, 1.54) is 21.6 Å². The molecule has 0 aliphatic rings. The lowest BCUT2D eigenvalue weighted by atomic mass is 10.1. The summed E-state index contributed by atoms with van der Waals surface area (Å²) in [5, 5.41) is 7.65. The summed E-state index contributed by atoms with van der Waals surface area (Å²) in [6.07, 6.45) is 1.83. The molecule has 0 unspecified atom stereocenters. The summed E-state index contributed by atoms with van der Waals surface area (Å²) >= 11 is 0. The normalized spacial score (nSPS) is 12.3. The number of benzene rings is 3. The van der Waals surface area contributed by atoms with Crippen LogP contribution in [0.2, 0.25) is 5.04 Å². The third-order valence-corrected chi connectivity index (χ3v) is 11.8. The quantitative estimate of drug-likeness (QED) is 0.243. The molecular weight excluding hydrogens is 456 g/mol. The van der Waals surface area contributed by atoms with Crippen molar-refractivity contribution in [3.8, 4) is 0 Å². The molecule has 1 heterocycles. The lowest BCUT2D eigenvalue weighted by molar-refractivity contribution is 0.300. The SMILES string of the molecule is CC(C)Cc1cc(CCO[Si](c2ccccc2)(c2ccccc2)C(C)(C)C)nn1Cc1ccccc1. The van der Waals surface area contributed by atoms with Crippen molar-refractivity contribution in [2.45, 2.75) is 59.0 Å². The summed E-state index contributed by atoms with van der Waals surface area (Å²) in [4.78, 5) is 0. The molecule has 0 atom stereocenters. The van der Waals surface area contributed by atoms with Gasteiger partial charge in [0, 0.05) is 18.7 Å². The van der Waals surface area contributed by atoms with E-state index in [-0.39, 0.29) is 5.04 Å². The first-order chi connectivity index (χ1) is 17.3. The number of hydrogen-bond donors (Lipinski definition) is 0. The summed E-state index contributed by atoms with van der Waals surface area (Å²) < 4.78 is 9.30. The van der Waals surface area contributed by atoms with Gasteiger partial charge in [0.25, 0.3) is 8.32 Å². The molecule has 4 rings (SSSR count). The van der Waals surface area contributed by atoms with Crippen molar-refractivity contribution in [1.29, 1.82) is 0 Å². The second kappa shape index (κ2) is 11.4. The van der Waals surface area contributed by atoms with Crippen LogP contribution in [-0.2, 0) is 23.8 Å². The molecule has 4 aromatic rings. The predicted molar refractivity (Wildman–Crippen MR) is 154 cm³/mol. The van der Waals surface area contributed by atoms with E-state index in [0.29, 0.717) is 12.5 Å². The van der Waals surface area contributed by atoms with Gasteiger partial charge in [-0.2, -0.15) is 5.10 Å². The highest BCUT2D eigenvalue weighted by molar-refractivity contribution is 6.99. The van der Waals surface area contributed by atoms with Gasteiger partial charge in [0.2, 0.25) is 0 Å². The molecular formula is C32H40N2OSi. The Hall–Kier alpha value is -2.95. The zero-order chi connectivity index (χ0) is 25.6. The Balaban J connectivity index is 1.61. The Morgan fingerprint density at radius 3 is 1.83 bits per heavy atom. The van der Waals surface area contributed by atoms with Crippen LogP contribution in [0.4, 0.5) is 0 Å². The minimum absolute atomic E-state index is 0.0226. The number of hydrogen-bond acceptors (Lipinski definition) is 2. The van der Waals surface area contributed by atoms with Gasteiger partial charge in [-0.3, -0.25) is 4.68 Å². The van der Waals surface area contributed by atoms with Gasteiger partial charge in [0.1, 0.15) is 0 Å². The standard InChI is InChI=1S/C32H40N2OSi/c1-26(2)23-29-24-28(33-34(29)25-27-15-9-6-10-16-27)21-22-35-36(32(3,4)5,30-17-11-7-12-18-30)31-19-13-8-14-20-31/h6-20,24,26H,21-23,25H2,1-5H3. The van der Waals surface area contributed by atoms with E-state index in [9.17, 15) is 0 Å². The molecule has 0 bridgehead atoms. The van der Waals surface area contributed by atoms with Crippen molar-refractivity contribution in [1.82, 2.24) is 9.78 Å². The lowest BCUT2D eigenvalue weighted by Crippen LogP contribution is -2.66. The van der Waals surface area contributed by atoms with Gasteiger partial charge in [0.05, 0.1) is 12.2 Å². The highest BCUT2D eigenvalue weighted by Gasteiger charge is 2.50. The van der Waals surface area contributed by atoms with Crippen LogP contribution in [-0.4, -0.2) is 24.7 Å². The van der Waals surface area contributed by atoms with Crippen molar-refractivity contribution < 1.29 is 4.43 Å². The first kappa shape index (κ1) is 26.1. The van der Waals surface area contributed by atoms with Crippen LogP contribution in [0.1, 0.15) is 51.6 Å². The summed E-state index contributed by atoms with van der Waals surface area (Å²) in [6, 6.07) is 34.6. The molecule has 0 fully saturated rings. The van der Waals surface area contributed by atoms with E-state index in [0.717, 1.165) is 25.1 Å². The maximum absolute atomic E-state index is 7.11. The van der Waals surface area contributed by atoms with E-state index >= 15 is 0 Å². The molecule has 3 aromatic carbocycles. The fourth-order valence-electron chi connectivity index (χ4n) is 5.18. The third-order valence-electron chi connectivity index (χ3n) is 6.80. The van der Waals surface area contributed by atoms with E-state index in [4.69, 9.17) is 9.52 Å². The summed E-state index contributed by atoms with van der Waals surface area (Å²) in [6.45, 7) is 13.0. The average molecular weight is 497 g/mol. The third kappa shape index (κ3) is 5.88. The molecule has 0 spiro atoms. The Morgan fingerprint density at radius 1 is 0.806 bits per heavy atom. The van der Waals surface area contributed by atoms with Crippen LogP contribution in [0.5, 0.6) is 0 Å². The number of nitrogens with zero attached hydrogens (tertiary/aromatic N) is 2. The number of aromatic nitrogens is 2. The second-order valence-corrected chi connectivity index (χ2v) is 15.4. The van der Waals surface area contributed by atoms with Crippen molar-refractivity contribution in [2.24, 2.45) is 5.92 Å². The second-order valence-electron chi connectivity index (χ2n) is 11.1. The highest BCUT2D eigenvalue weighted by atomic mass is 28.4. The zero-order valence-corrected chi connectivity index (χ0v) is 23.4. The largest absolute Gasteiger partial charge is 0.407 e. The van der Waals surface area contributed by atoms with Crippen LogP contribution in [0.3, 0.4) is 0 Å². The van der Waals surface area contributed by atoms with Crippen LogP contribution < -0.4 is 10.4 Å². The van der Waals surface area contributed by atoms with Crippen molar-refractivity contribution in [3.05, 3.63) is 114 Å². The predicted octanol–water partition coefficient (Wildman–Crippen LogP) is 6.25. The fourth-order valence-corrected chi connectivity index (χ4v) is 9.75. The van der Waals surface area contributed by atoms with Gasteiger partial charge in [0.15, 0.2) is 0 Å². The first-order valence-electron chi connectivity index (χ1n) is 13.1. The van der Waals surface area contributed by atoms with Gasteiger partial charge in [-0.05, 0) is 39.4 Å². The Kier molecular flexibility index (Phi) is 8.27. The Bertz CT molecular complexity index is 1170. The Labute approximate surface area is 218 Å². The van der Waals surface area contributed by atoms with Crippen molar-refractivity contribution in [2.75, 3.05) is 6.61 Å². The number of rotatable bonds is 10.